The lowest BCUT2D eigenvalue weighted by Gasteiger charge is -2.15. The lowest BCUT2D eigenvalue weighted by molar-refractivity contribution is 0.601. The Morgan fingerprint density at radius 2 is 1.35 bits per heavy atom. The van der Waals surface area contributed by atoms with Crippen LogP contribution in [0.4, 0.5) is 17.3 Å². The van der Waals surface area contributed by atoms with Gasteiger partial charge in [-0.05, 0) is 48.5 Å². The highest BCUT2D eigenvalue weighted by molar-refractivity contribution is 7.92. The van der Waals surface area contributed by atoms with Gasteiger partial charge >= 0.3 is 0 Å². The molecule has 0 bridgehead atoms. The number of nitrogens with zero attached hydrogens (tertiary/aromatic N) is 2. The zero-order valence-electron chi connectivity index (χ0n) is 15.4. The van der Waals surface area contributed by atoms with Crippen molar-refractivity contribution in [1.82, 2.24) is 9.97 Å². The second kappa shape index (κ2) is 8.68. The largest absolute Gasteiger partial charge is 0.337 e. The number of aromatic nitrogens is 2. The van der Waals surface area contributed by atoms with Crippen LogP contribution in [0.5, 0.6) is 0 Å². The molecule has 158 valence electrons. The number of para-hydroxylation sites is 2. The van der Waals surface area contributed by atoms with Crippen molar-refractivity contribution in [3.05, 3.63) is 80.8 Å². The molecule has 0 unspecified atom stereocenters. The summed E-state index contributed by atoms with van der Waals surface area (Å²) < 4.78 is 28.5. The second-order valence-electron chi connectivity index (χ2n) is 6.34. The predicted octanol–water partition coefficient (Wildman–Crippen LogP) is 6.79. The SMILES string of the molecule is O=S(=O)(Nc1nc2ccccc2nc1Nc1ccc(Cl)c(Cl)c1)c1cc(Cl)ccc1Cl. The molecule has 4 aromatic rings. The molecule has 0 aliphatic heterocycles. The topological polar surface area (TPSA) is 84.0 Å². The summed E-state index contributed by atoms with van der Waals surface area (Å²) in [5.41, 5.74) is 1.60. The molecule has 0 amide bonds. The second-order valence-corrected chi connectivity index (χ2v) is 9.65. The molecule has 31 heavy (non-hydrogen) atoms. The van der Waals surface area contributed by atoms with Crippen molar-refractivity contribution in [1.29, 1.82) is 0 Å². The quantitative estimate of drug-likeness (QED) is 0.307. The van der Waals surface area contributed by atoms with Crippen LogP contribution in [-0.2, 0) is 10.0 Å². The number of hydrogen-bond donors (Lipinski definition) is 2. The maximum atomic E-state index is 13.0. The standard InChI is InChI=1S/C20H12Cl4N4O2S/c21-11-5-7-14(23)18(9-11)31(29,30)28-20-19(25-12-6-8-13(22)15(24)10-12)26-16-3-1-2-4-17(16)27-20/h1-10H,(H,25,26)(H,27,28). The minimum Gasteiger partial charge on any atom is -0.337 e. The van der Waals surface area contributed by atoms with Crippen LogP contribution in [0.25, 0.3) is 11.0 Å². The van der Waals surface area contributed by atoms with E-state index in [0.29, 0.717) is 26.8 Å². The summed E-state index contributed by atoms with van der Waals surface area (Å²) in [4.78, 5) is 8.75. The summed E-state index contributed by atoms with van der Waals surface area (Å²) in [6, 6.07) is 16.1. The molecule has 0 aliphatic rings. The number of rotatable bonds is 5. The summed E-state index contributed by atoms with van der Waals surface area (Å²) in [6.45, 7) is 0. The van der Waals surface area contributed by atoms with Crippen molar-refractivity contribution in [2.24, 2.45) is 0 Å². The van der Waals surface area contributed by atoms with Crippen LogP contribution in [0.3, 0.4) is 0 Å². The minimum absolute atomic E-state index is 0.0182. The van der Waals surface area contributed by atoms with Gasteiger partial charge in [0, 0.05) is 10.7 Å². The molecule has 0 fully saturated rings. The van der Waals surface area contributed by atoms with Crippen LogP contribution in [0, 0.1) is 0 Å². The third-order valence-electron chi connectivity index (χ3n) is 4.17. The van der Waals surface area contributed by atoms with E-state index in [9.17, 15) is 8.42 Å². The number of sulfonamides is 1. The van der Waals surface area contributed by atoms with Gasteiger partial charge in [0.25, 0.3) is 10.0 Å². The van der Waals surface area contributed by atoms with E-state index < -0.39 is 10.0 Å². The van der Waals surface area contributed by atoms with Crippen molar-refractivity contribution in [3.63, 3.8) is 0 Å². The third-order valence-corrected chi connectivity index (χ3v) is 6.96. The van der Waals surface area contributed by atoms with Crippen LogP contribution < -0.4 is 10.0 Å². The van der Waals surface area contributed by atoms with Gasteiger partial charge in [-0.1, -0.05) is 58.5 Å². The van der Waals surface area contributed by atoms with E-state index in [1.165, 1.54) is 18.2 Å². The van der Waals surface area contributed by atoms with E-state index in [2.05, 4.69) is 20.0 Å². The van der Waals surface area contributed by atoms with Crippen LogP contribution >= 0.6 is 46.4 Å². The van der Waals surface area contributed by atoms with Gasteiger partial charge in [-0.2, -0.15) is 0 Å². The molecule has 1 heterocycles. The molecule has 4 rings (SSSR count). The van der Waals surface area contributed by atoms with Gasteiger partial charge in [0.1, 0.15) is 4.90 Å². The Bertz CT molecular complexity index is 1410. The highest BCUT2D eigenvalue weighted by Crippen LogP contribution is 2.32. The summed E-state index contributed by atoms with van der Waals surface area (Å²) in [6.07, 6.45) is 0. The number of hydrogen-bond acceptors (Lipinski definition) is 5. The van der Waals surface area contributed by atoms with E-state index in [0.717, 1.165) is 0 Å². The molecule has 3 aromatic carbocycles. The Morgan fingerprint density at radius 1 is 0.710 bits per heavy atom. The van der Waals surface area contributed by atoms with Crippen LogP contribution in [0.2, 0.25) is 20.1 Å². The monoisotopic (exact) mass is 512 g/mol. The van der Waals surface area contributed by atoms with Gasteiger partial charge in [0.15, 0.2) is 11.6 Å². The van der Waals surface area contributed by atoms with Gasteiger partial charge in [-0.15, -0.1) is 0 Å². The molecule has 0 spiro atoms. The molecule has 0 aliphatic carbocycles. The molecule has 0 saturated carbocycles. The van der Waals surface area contributed by atoms with Gasteiger partial charge < -0.3 is 5.32 Å². The van der Waals surface area contributed by atoms with E-state index in [1.54, 1.807) is 42.5 Å². The van der Waals surface area contributed by atoms with E-state index in [-0.39, 0.29) is 26.6 Å². The van der Waals surface area contributed by atoms with Crippen molar-refractivity contribution in [3.8, 4) is 0 Å². The molecule has 0 saturated heterocycles. The van der Waals surface area contributed by atoms with Crippen molar-refractivity contribution in [2.45, 2.75) is 4.90 Å². The number of benzene rings is 3. The summed E-state index contributed by atoms with van der Waals surface area (Å²) >= 11 is 24.1. The smallest absolute Gasteiger partial charge is 0.264 e. The molecule has 2 N–H and O–H groups in total. The molecule has 1 aromatic heterocycles. The number of nitrogens with one attached hydrogen (secondary N) is 2. The predicted molar refractivity (Wildman–Crippen MR) is 127 cm³/mol. The summed E-state index contributed by atoms with van der Waals surface area (Å²) in [5.74, 6) is 0.139. The molecule has 0 radical (unpaired) electrons. The van der Waals surface area contributed by atoms with Crippen LogP contribution in [-0.4, -0.2) is 18.4 Å². The molecular weight excluding hydrogens is 502 g/mol. The first kappa shape index (κ1) is 21.9. The zero-order chi connectivity index (χ0) is 22.2. The Hall–Kier alpha value is -2.29. The Morgan fingerprint density at radius 3 is 2.03 bits per heavy atom. The molecule has 11 heteroatoms. The van der Waals surface area contributed by atoms with Gasteiger partial charge in [-0.3, -0.25) is 4.72 Å². The van der Waals surface area contributed by atoms with E-state index in [1.807, 2.05) is 0 Å². The van der Waals surface area contributed by atoms with Gasteiger partial charge in [0.2, 0.25) is 0 Å². The fourth-order valence-electron chi connectivity index (χ4n) is 2.73. The Balaban J connectivity index is 1.81. The Labute approximate surface area is 198 Å². The van der Waals surface area contributed by atoms with Crippen LogP contribution in [0.1, 0.15) is 0 Å². The highest BCUT2D eigenvalue weighted by Gasteiger charge is 2.22. The first-order valence-corrected chi connectivity index (χ1v) is 11.7. The lowest BCUT2D eigenvalue weighted by atomic mass is 10.3. The fraction of sp³-hybridized carbons (Fsp3) is 0. The minimum atomic E-state index is -4.12. The average Bonchev–Trinajstić information content (AvgIpc) is 2.72. The molecule has 6 nitrogen and oxygen atoms in total. The third kappa shape index (κ3) is 4.81. The van der Waals surface area contributed by atoms with Gasteiger partial charge in [-0.25, -0.2) is 18.4 Å². The number of halogens is 4. The van der Waals surface area contributed by atoms with Gasteiger partial charge in [0.05, 0.1) is 26.1 Å². The van der Waals surface area contributed by atoms with Crippen LogP contribution in [0.15, 0.2) is 65.6 Å². The number of anilines is 3. The molecule has 0 atom stereocenters. The Kier molecular flexibility index (Phi) is 6.14. The first-order chi connectivity index (χ1) is 14.7. The number of fused-ring (bicyclic) bond motifs is 1. The maximum Gasteiger partial charge on any atom is 0.264 e. The fourth-order valence-corrected chi connectivity index (χ4v) is 4.81. The maximum absolute atomic E-state index is 13.0. The van der Waals surface area contributed by atoms with Crippen molar-refractivity contribution < 1.29 is 8.42 Å². The highest BCUT2D eigenvalue weighted by atomic mass is 35.5. The van der Waals surface area contributed by atoms with Crippen molar-refractivity contribution in [2.75, 3.05) is 10.0 Å². The normalized spacial score (nSPS) is 11.5. The van der Waals surface area contributed by atoms with E-state index in [4.69, 9.17) is 46.4 Å². The van der Waals surface area contributed by atoms with Crippen molar-refractivity contribution >= 4 is 84.8 Å². The summed E-state index contributed by atoms with van der Waals surface area (Å²) in [7, 11) is -4.12. The summed E-state index contributed by atoms with van der Waals surface area (Å²) in [5, 5.41) is 3.98. The zero-order valence-corrected chi connectivity index (χ0v) is 19.2. The molecular formula is C20H12Cl4N4O2S. The van der Waals surface area contributed by atoms with E-state index >= 15 is 0 Å². The average molecular weight is 514 g/mol. The lowest BCUT2D eigenvalue weighted by Crippen LogP contribution is -2.16. The first-order valence-electron chi connectivity index (χ1n) is 8.70.